The van der Waals surface area contributed by atoms with E-state index >= 15 is 0 Å². The van der Waals surface area contributed by atoms with Crippen molar-refractivity contribution in [3.63, 3.8) is 0 Å². The quantitative estimate of drug-likeness (QED) is 0.913. The third-order valence-electron chi connectivity index (χ3n) is 3.39. The highest BCUT2D eigenvalue weighted by Gasteiger charge is 2.38. The lowest BCUT2D eigenvalue weighted by Gasteiger charge is -2.33. The van der Waals surface area contributed by atoms with Gasteiger partial charge in [0.1, 0.15) is 6.04 Å². The van der Waals surface area contributed by atoms with E-state index in [1.54, 1.807) is 0 Å². The molecule has 0 saturated heterocycles. The Kier molecular flexibility index (Phi) is 4.15. The number of hydrogen-bond donors (Lipinski definition) is 1. The Balaban J connectivity index is 2.39. The number of rotatable bonds is 4. The summed E-state index contributed by atoms with van der Waals surface area (Å²) in [5.74, 6) is -1.16. The van der Waals surface area contributed by atoms with Crippen molar-refractivity contribution in [2.24, 2.45) is 5.92 Å². The SMILES string of the molecule is CC(C)CS(=O)(=O)N1Cc2ccccc2CC1C(=O)O. The van der Waals surface area contributed by atoms with Crippen LogP contribution in [0.4, 0.5) is 0 Å². The van der Waals surface area contributed by atoms with Crippen LogP contribution in [0.15, 0.2) is 24.3 Å². The summed E-state index contributed by atoms with van der Waals surface area (Å²) in [7, 11) is -3.57. The number of hydrogen-bond acceptors (Lipinski definition) is 3. The zero-order valence-electron chi connectivity index (χ0n) is 11.6. The normalized spacial score (nSPS) is 19.9. The number of carboxylic acid groups (broad SMARTS) is 1. The lowest BCUT2D eigenvalue weighted by atomic mass is 9.96. The number of benzene rings is 1. The Morgan fingerprint density at radius 2 is 1.95 bits per heavy atom. The standard InChI is InChI=1S/C14H19NO4S/c1-10(2)9-20(18,19)15-8-12-6-4-3-5-11(12)7-13(15)14(16)17/h3-6,10,13H,7-9H2,1-2H3,(H,16,17). The number of fused-ring (bicyclic) bond motifs is 1. The fourth-order valence-electron chi connectivity index (χ4n) is 2.52. The predicted octanol–water partition coefficient (Wildman–Crippen LogP) is 1.48. The van der Waals surface area contributed by atoms with Gasteiger partial charge in [-0.3, -0.25) is 4.79 Å². The molecule has 0 amide bonds. The van der Waals surface area contributed by atoms with Crippen molar-refractivity contribution in [3.8, 4) is 0 Å². The van der Waals surface area contributed by atoms with Crippen LogP contribution in [0.5, 0.6) is 0 Å². The molecule has 1 aliphatic heterocycles. The van der Waals surface area contributed by atoms with Crippen molar-refractivity contribution in [3.05, 3.63) is 35.4 Å². The number of nitrogens with zero attached hydrogens (tertiary/aromatic N) is 1. The summed E-state index contributed by atoms with van der Waals surface area (Å²) in [4.78, 5) is 11.4. The monoisotopic (exact) mass is 297 g/mol. The second kappa shape index (κ2) is 5.54. The highest BCUT2D eigenvalue weighted by atomic mass is 32.2. The fourth-order valence-corrected chi connectivity index (χ4v) is 4.44. The summed E-state index contributed by atoms with van der Waals surface area (Å²) < 4.78 is 25.9. The molecule has 5 nitrogen and oxygen atoms in total. The highest BCUT2D eigenvalue weighted by molar-refractivity contribution is 7.89. The van der Waals surface area contributed by atoms with Gasteiger partial charge in [-0.15, -0.1) is 0 Å². The van der Waals surface area contributed by atoms with Crippen LogP contribution >= 0.6 is 0 Å². The van der Waals surface area contributed by atoms with Crippen LogP contribution in [0.1, 0.15) is 25.0 Å². The van der Waals surface area contributed by atoms with Crippen molar-refractivity contribution in [2.75, 3.05) is 5.75 Å². The number of aliphatic carboxylic acids is 1. The maximum absolute atomic E-state index is 12.4. The maximum atomic E-state index is 12.4. The van der Waals surface area contributed by atoms with Crippen LogP contribution in [0, 0.1) is 5.92 Å². The zero-order valence-corrected chi connectivity index (χ0v) is 12.4. The molecule has 1 aromatic rings. The summed E-state index contributed by atoms with van der Waals surface area (Å²) >= 11 is 0. The summed E-state index contributed by atoms with van der Waals surface area (Å²) in [5.41, 5.74) is 1.80. The van der Waals surface area contributed by atoms with Gasteiger partial charge in [0.15, 0.2) is 0 Å². The van der Waals surface area contributed by atoms with Crippen LogP contribution < -0.4 is 0 Å². The third kappa shape index (κ3) is 3.02. The van der Waals surface area contributed by atoms with Gasteiger partial charge in [-0.1, -0.05) is 38.1 Å². The minimum absolute atomic E-state index is 0.0288. The molecule has 1 atom stereocenters. The molecule has 1 unspecified atom stereocenters. The second-order valence-corrected chi connectivity index (χ2v) is 7.51. The Morgan fingerprint density at radius 3 is 2.50 bits per heavy atom. The van der Waals surface area contributed by atoms with Crippen LogP contribution in [-0.2, 0) is 27.8 Å². The first-order chi connectivity index (χ1) is 9.31. The van der Waals surface area contributed by atoms with Gasteiger partial charge in [-0.25, -0.2) is 8.42 Å². The van der Waals surface area contributed by atoms with E-state index in [0.29, 0.717) is 0 Å². The molecular formula is C14H19NO4S. The molecule has 1 aliphatic rings. The molecule has 0 aromatic heterocycles. The average molecular weight is 297 g/mol. The lowest BCUT2D eigenvalue weighted by Crippen LogP contribution is -2.49. The summed E-state index contributed by atoms with van der Waals surface area (Å²) in [6.45, 7) is 3.76. The second-order valence-electron chi connectivity index (χ2n) is 5.54. The van der Waals surface area contributed by atoms with Crippen LogP contribution in [-0.4, -0.2) is 35.6 Å². The van der Waals surface area contributed by atoms with Gasteiger partial charge < -0.3 is 5.11 Å². The number of sulfonamides is 1. The Morgan fingerprint density at radius 1 is 1.35 bits per heavy atom. The topological polar surface area (TPSA) is 74.7 Å². The Labute approximate surface area is 119 Å². The molecule has 1 N–H and O–H groups in total. The molecule has 2 rings (SSSR count). The van der Waals surface area contributed by atoms with Gasteiger partial charge in [0.25, 0.3) is 0 Å². The van der Waals surface area contributed by atoms with Crippen LogP contribution in [0.2, 0.25) is 0 Å². The van der Waals surface area contributed by atoms with Gasteiger partial charge in [0, 0.05) is 13.0 Å². The predicted molar refractivity (Wildman–Crippen MR) is 75.7 cm³/mol. The van der Waals surface area contributed by atoms with Crippen molar-refractivity contribution in [1.82, 2.24) is 4.31 Å². The number of carbonyl (C=O) groups is 1. The van der Waals surface area contributed by atoms with Crippen molar-refractivity contribution in [1.29, 1.82) is 0 Å². The molecule has 1 heterocycles. The summed E-state index contributed by atoms with van der Waals surface area (Å²) in [6, 6.07) is 6.39. The van der Waals surface area contributed by atoms with Gasteiger partial charge in [0.2, 0.25) is 10.0 Å². The molecule has 0 aliphatic carbocycles. The Bertz CT molecular complexity index is 609. The highest BCUT2D eigenvalue weighted by Crippen LogP contribution is 2.26. The smallest absolute Gasteiger partial charge is 0.322 e. The van der Waals surface area contributed by atoms with E-state index in [9.17, 15) is 18.3 Å². The number of carboxylic acids is 1. The maximum Gasteiger partial charge on any atom is 0.322 e. The third-order valence-corrected chi connectivity index (χ3v) is 5.58. The molecule has 1 aromatic carbocycles. The van der Waals surface area contributed by atoms with Gasteiger partial charge in [0.05, 0.1) is 5.75 Å². The molecular weight excluding hydrogens is 278 g/mol. The van der Waals surface area contributed by atoms with Gasteiger partial charge >= 0.3 is 5.97 Å². The zero-order chi connectivity index (χ0) is 14.9. The van der Waals surface area contributed by atoms with E-state index in [1.807, 2.05) is 38.1 Å². The van der Waals surface area contributed by atoms with E-state index in [-0.39, 0.29) is 24.6 Å². The summed E-state index contributed by atoms with van der Waals surface area (Å²) in [6.07, 6.45) is 0.225. The largest absolute Gasteiger partial charge is 0.480 e. The lowest BCUT2D eigenvalue weighted by molar-refractivity contribution is -0.141. The van der Waals surface area contributed by atoms with Gasteiger partial charge in [-0.05, 0) is 17.0 Å². The van der Waals surface area contributed by atoms with Crippen molar-refractivity contribution >= 4 is 16.0 Å². The molecule has 0 fully saturated rings. The van der Waals surface area contributed by atoms with Gasteiger partial charge in [-0.2, -0.15) is 4.31 Å². The molecule has 0 saturated carbocycles. The first-order valence-corrected chi connectivity index (χ1v) is 8.21. The average Bonchev–Trinajstić information content (AvgIpc) is 2.35. The van der Waals surface area contributed by atoms with Crippen LogP contribution in [0.3, 0.4) is 0 Å². The van der Waals surface area contributed by atoms with E-state index in [1.165, 1.54) is 0 Å². The molecule has 6 heteroatoms. The molecule has 20 heavy (non-hydrogen) atoms. The first-order valence-electron chi connectivity index (χ1n) is 6.60. The minimum Gasteiger partial charge on any atom is -0.480 e. The van der Waals surface area contributed by atoms with Crippen molar-refractivity contribution < 1.29 is 18.3 Å². The Hall–Kier alpha value is -1.40. The molecule has 0 bridgehead atoms. The van der Waals surface area contributed by atoms with E-state index in [0.717, 1.165) is 15.4 Å². The van der Waals surface area contributed by atoms with E-state index in [4.69, 9.17) is 0 Å². The fraction of sp³-hybridized carbons (Fsp3) is 0.500. The minimum atomic E-state index is -3.57. The van der Waals surface area contributed by atoms with Crippen molar-refractivity contribution in [2.45, 2.75) is 32.9 Å². The molecule has 110 valence electrons. The molecule has 0 spiro atoms. The summed E-state index contributed by atoms with van der Waals surface area (Å²) in [5, 5.41) is 9.33. The van der Waals surface area contributed by atoms with E-state index in [2.05, 4.69) is 0 Å². The van der Waals surface area contributed by atoms with E-state index < -0.39 is 22.0 Å². The first kappa shape index (κ1) is 15.0. The van der Waals surface area contributed by atoms with Crippen LogP contribution in [0.25, 0.3) is 0 Å². The molecule has 0 radical (unpaired) electrons.